The predicted molar refractivity (Wildman–Crippen MR) is 36.8 cm³/mol. The van der Waals surface area contributed by atoms with Crippen LogP contribution in [-0.2, 0) is 0 Å². The highest BCUT2D eigenvalue weighted by molar-refractivity contribution is 5.77. The van der Waals surface area contributed by atoms with Crippen LogP contribution in [0.25, 0.3) is 0 Å². The maximum absolute atomic E-state index is 11.0. The maximum atomic E-state index is 11.0. The van der Waals surface area contributed by atoms with Crippen LogP contribution in [-0.4, -0.2) is 43.2 Å². The van der Waals surface area contributed by atoms with E-state index in [1.807, 2.05) is 4.90 Å². The topological polar surface area (TPSA) is 44.4 Å². The molecule has 2 saturated heterocycles. The standard InChI is InChI=1S/C6H11N3O/c10-6-8-4-5-3-7-1-2-9(5)6/h5,7H,1-4H2,(H,8,10)/t5-/m0/s1. The van der Waals surface area contributed by atoms with E-state index in [1.54, 1.807) is 0 Å². The summed E-state index contributed by atoms with van der Waals surface area (Å²) in [7, 11) is 0. The number of carbonyl (C=O) groups is 1. The number of urea groups is 1. The number of rotatable bonds is 0. The van der Waals surface area contributed by atoms with Gasteiger partial charge in [-0.2, -0.15) is 0 Å². The molecule has 0 aromatic rings. The van der Waals surface area contributed by atoms with Crippen molar-refractivity contribution in [3.8, 4) is 0 Å². The number of hydrogen-bond donors (Lipinski definition) is 2. The first kappa shape index (κ1) is 5.97. The van der Waals surface area contributed by atoms with Crippen LogP contribution in [0.15, 0.2) is 0 Å². The van der Waals surface area contributed by atoms with E-state index in [0.29, 0.717) is 6.04 Å². The van der Waals surface area contributed by atoms with Gasteiger partial charge in [0.15, 0.2) is 0 Å². The molecule has 4 heteroatoms. The third kappa shape index (κ3) is 0.759. The lowest BCUT2D eigenvalue weighted by Crippen LogP contribution is -2.49. The lowest BCUT2D eigenvalue weighted by atomic mass is 10.2. The molecular formula is C6H11N3O. The van der Waals surface area contributed by atoms with Crippen LogP contribution in [0.2, 0.25) is 0 Å². The molecule has 4 nitrogen and oxygen atoms in total. The molecule has 0 aromatic heterocycles. The molecule has 0 aliphatic carbocycles. The van der Waals surface area contributed by atoms with Gasteiger partial charge in [0, 0.05) is 26.2 Å². The highest BCUT2D eigenvalue weighted by Gasteiger charge is 2.31. The molecule has 56 valence electrons. The molecule has 1 atom stereocenters. The van der Waals surface area contributed by atoms with E-state index in [4.69, 9.17) is 0 Å². The predicted octanol–water partition coefficient (Wildman–Crippen LogP) is -1.02. The van der Waals surface area contributed by atoms with Gasteiger partial charge in [0.05, 0.1) is 6.04 Å². The summed E-state index contributed by atoms with van der Waals surface area (Å²) in [6.07, 6.45) is 0. The molecule has 2 amide bonds. The molecule has 0 spiro atoms. The SMILES string of the molecule is O=C1NC[C@@H]2CNCCN12. The highest BCUT2D eigenvalue weighted by Crippen LogP contribution is 2.07. The number of piperazine rings is 1. The van der Waals surface area contributed by atoms with Gasteiger partial charge >= 0.3 is 6.03 Å². The molecule has 2 fully saturated rings. The quantitative estimate of drug-likeness (QED) is 0.453. The Labute approximate surface area is 59.6 Å². The third-order valence-corrected chi connectivity index (χ3v) is 2.10. The highest BCUT2D eigenvalue weighted by atomic mass is 16.2. The Balaban J connectivity index is 2.08. The van der Waals surface area contributed by atoms with E-state index < -0.39 is 0 Å². The molecule has 2 aliphatic rings. The fraction of sp³-hybridized carbons (Fsp3) is 0.833. The van der Waals surface area contributed by atoms with Gasteiger partial charge < -0.3 is 15.5 Å². The van der Waals surface area contributed by atoms with E-state index in [0.717, 1.165) is 26.2 Å². The van der Waals surface area contributed by atoms with Crippen molar-refractivity contribution >= 4 is 6.03 Å². The second kappa shape index (κ2) is 2.12. The summed E-state index contributed by atoms with van der Waals surface area (Å²) in [5.41, 5.74) is 0. The molecule has 2 aliphatic heterocycles. The molecule has 0 unspecified atom stereocenters. The van der Waals surface area contributed by atoms with Gasteiger partial charge in [-0.05, 0) is 0 Å². The Kier molecular flexibility index (Phi) is 1.27. The summed E-state index contributed by atoms with van der Waals surface area (Å²) in [6.45, 7) is 3.55. The minimum absolute atomic E-state index is 0.103. The van der Waals surface area contributed by atoms with E-state index >= 15 is 0 Å². The Hall–Kier alpha value is -0.770. The normalized spacial score (nSPS) is 31.8. The van der Waals surface area contributed by atoms with Crippen molar-refractivity contribution in [1.29, 1.82) is 0 Å². The molecule has 2 heterocycles. The number of carbonyl (C=O) groups excluding carboxylic acids is 1. The fourth-order valence-corrected chi connectivity index (χ4v) is 1.52. The molecular weight excluding hydrogens is 130 g/mol. The van der Waals surface area contributed by atoms with Crippen molar-refractivity contribution in [2.24, 2.45) is 0 Å². The van der Waals surface area contributed by atoms with Crippen LogP contribution in [0.3, 0.4) is 0 Å². The monoisotopic (exact) mass is 141 g/mol. The fourth-order valence-electron chi connectivity index (χ4n) is 1.52. The number of nitrogens with zero attached hydrogens (tertiary/aromatic N) is 1. The Morgan fingerprint density at radius 3 is 3.20 bits per heavy atom. The molecule has 0 radical (unpaired) electrons. The van der Waals surface area contributed by atoms with Gasteiger partial charge in [-0.25, -0.2) is 4.79 Å². The third-order valence-electron chi connectivity index (χ3n) is 2.10. The largest absolute Gasteiger partial charge is 0.336 e. The van der Waals surface area contributed by atoms with Crippen LogP contribution in [0.1, 0.15) is 0 Å². The van der Waals surface area contributed by atoms with Crippen molar-refractivity contribution in [2.75, 3.05) is 26.2 Å². The molecule has 0 saturated carbocycles. The molecule has 2 rings (SSSR count). The van der Waals surface area contributed by atoms with Gasteiger partial charge in [-0.1, -0.05) is 0 Å². The van der Waals surface area contributed by atoms with Gasteiger partial charge in [-0.3, -0.25) is 0 Å². The lowest BCUT2D eigenvalue weighted by molar-refractivity contribution is 0.191. The summed E-state index contributed by atoms with van der Waals surface area (Å²) in [6, 6.07) is 0.507. The van der Waals surface area contributed by atoms with Crippen LogP contribution in [0, 0.1) is 0 Å². The summed E-state index contributed by atoms with van der Waals surface area (Å²) < 4.78 is 0. The Bertz CT molecular complexity index is 159. The minimum Gasteiger partial charge on any atom is -0.336 e. The first-order valence-electron chi connectivity index (χ1n) is 3.63. The zero-order valence-corrected chi connectivity index (χ0v) is 5.76. The second-order valence-electron chi connectivity index (χ2n) is 2.74. The van der Waals surface area contributed by atoms with Crippen LogP contribution in [0.5, 0.6) is 0 Å². The van der Waals surface area contributed by atoms with E-state index in [2.05, 4.69) is 10.6 Å². The summed E-state index contributed by atoms with van der Waals surface area (Å²) in [5, 5.41) is 6.05. The van der Waals surface area contributed by atoms with Crippen LogP contribution >= 0.6 is 0 Å². The zero-order valence-electron chi connectivity index (χ0n) is 5.76. The summed E-state index contributed by atoms with van der Waals surface area (Å²) in [4.78, 5) is 12.9. The van der Waals surface area contributed by atoms with Crippen molar-refractivity contribution in [2.45, 2.75) is 6.04 Å². The minimum atomic E-state index is 0.103. The number of nitrogens with one attached hydrogen (secondary N) is 2. The average molecular weight is 141 g/mol. The van der Waals surface area contributed by atoms with E-state index in [1.165, 1.54) is 0 Å². The number of amides is 2. The summed E-state index contributed by atoms with van der Waals surface area (Å²) >= 11 is 0. The Morgan fingerprint density at radius 1 is 1.50 bits per heavy atom. The number of hydrogen-bond acceptors (Lipinski definition) is 2. The molecule has 2 N–H and O–H groups in total. The average Bonchev–Trinajstić information content (AvgIpc) is 2.34. The van der Waals surface area contributed by atoms with Crippen molar-refractivity contribution < 1.29 is 4.79 Å². The molecule has 0 bridgehead atoms. The van der Waals surface area contributed by atoms with E-state index in [9.17, 15) is 4.79 Å². The maximum Gasteiger partial charge on any atom is 0.317 e. The van der Waals surface area contributed by atoms with Gasteiger partial charge in [-0.15, -0.1) is 0 Å². The number of fused-ring (bicyclic) bond motifs is 1. The van der Waals surface area contributed by atoms with Crippen molar-refractivity contribution in [3.63, 3.8) is 0 Å². The molecule has 0 aromatic carbocycles. The van der Waals surface area contributed by atoms with Gasteiger partial charge in [0.2, 0.25) is 0 Å². The van der Waals surface area contributed by atoms with Crippen molar-refractivity contribution in [3.05, 3.63) is 0 Å². The summed E-state index contributed by atoms with van der Waals surface area (Å²) in [5.74, 6) is 0. The first-order chi connectivity index (χ1) is 4.88. The second-order valence-corrected chi connectivity index (χ2v) is 2.74. The smallest absolute Gasteiger partial charge is 0.317 e. The van der Waals surface area contributed by atoms with Gasteiger partial charge in [0.1, 0.15) is 0 Å². The van der Waals surface area contributed by atoms with Crippen LogP contribution < -0.4 is 10.6 Å². The van der Waals surface area contributed by atoms with Crippen molar-refractivity contribution in [1.82, 2.24) is 15.5 Å². The Morgan fingerprint density at radius 2 is 2.40 bits per heavy atom. The lowest BCUT2D eigenvalue weighted by Gasteiger charge is -2.28. The molecule has 10 heavy (non-hydrogen) atoms. The van der Waals surface area contributed by atoms with Crippen LogP contribution in [0.4, 0.5) is 4.79 Å². The zero-order chi connectivity index (χ0) is 6.97. The first-order valence-corrected chi connectivity index (χ1v) is 3.63. The van der Waals surface area contributed by atoms with Gasteiger partial charge in [0.25, 0.3) is 0 Å². The van der Waals surface area contributed by atoms with E-state index in [-0.39, 0.29) is 6.03 Å².